The van der Waals surface area contributed by atoms with E-state index in [0.29, 0.717) is 17.9 Å². The number of methoxy groups -OCH3 is 1. The Labute approximate surface area is 128 Å². The summed E-state index contributed by atoms with van der Waals surface area (Å²) >= 11 is 0. The fourth-order valence-corrected chi connectivity index (χ4v) is 5.41. The van der Waals surface area contributed by atoms with Crippen molar-refractivity contribution in [2.24, 2.45) is 5.92 Å². The lowest BCUT2D eigenvalue weighted by Crippen LogP contribution is -2.66. The van der Waals surface area contributed by atoms with Crippen LogP contribution < -0.4 is 14.8 Å². The minimum atomic E-state index is -0.548. The number of benzene rings is 1. The molecule has 2 N–H and O–H groups in total. The summed E-state index contributed by atoms with van der Waals surface area (Å²) in [4.78, 5) is 12.6. The number of hydrogen-bond acceptors (Lipinski definition) is 5. The summed E-state index contributed by atoms with van der Waals surface area (Å²) in [6, 6.07) is 3.79. The molecule has 5 rings (SSSR count). The zero-order valence-corrected chi connectivity index (χ0v) is 12.5. The maximum Gasteiger partial charge on any atom is 0.174 e. The number of rotatable bonds is 1. The van der Waals surface area contributed by atoms with Gasteiger partial charge in [0.05, 0.1) is 13.2 Å². The van der Waals surface area contributed by atoms with Crippen LogP contribution in [-0.2, 0) is 10.2 Å². The number of piperidine rings is 1. The fraction of sp³-hybridized carbons (Fsp3) is 0.588. The molecule has 0 aromatic heterocycles. The molecule has 1 aromatic carbocycles. The van der Waals surface area contributed by atoms with Gasteiger partial charge in [-0.1, -0.05) is 6.07 Å². The number of aliphatic hydroxyl groups is 1. The number of carbonyl (C=O) groups is 1. The van der Waals surface area contributed by atoms with Crippen molar-refractivity contribution < 1.29 is 19.4 Å². The number of ether oxygens (including phenoxy) is 2. The van der Waals surface area contributed by atoms with Gasteiger partial charge in [-0.15, -0.1) is 0 Å². The summed E-state index contributed by atoms with van der Waals surface area (Å²) in [5, 5.41) is 14.3. The van der Waals surface area contributed by atoms with Gasteiger partial charge in [-0.05, 0) is 36.9 Å². The van der Waals surface area contributed by atoms with E-state index < -0.39 is 12.2 Å². The van der Waals surface area contributed by atoms with Crippen LogP contribution in [0.25, 0.3) is 0 Å². The van der Waals surface area contributed by atoms with E-state index in [-0.39, 0.29) is 23.2 Å². The second kappa shape index (κ2) is 4.03. The molecule has 2 heterocycles. The normalized spacial score (nSPS) is 40.9. The third-order valence-electron chi connectivity index (χ3n) is 6.21. The zero-order chi connectivity index (χ0) is 15.1. The lowest BCUT2D eigenvalue weighted by molar-refractivity contribution is -0.137. The lowest BCUT2D eigenvalue weighted by Gasteiger charge is -2.55. The van der Waals surface area contributed by atoms with Crippen molar-refractivity contribution in [3.8, 4) is 11.5 Å². The van der Waals surface area contributed by atoms with Crippen LogP contribution in [0.2, 0.25) is 0 Å². The van der Waals surface area contributed by atoms with E-state index >= 15 is 0 Å². The van der Waals surface area contributed by atoms with E-state index in [2.05, 4.69) is 5.32 Å². The summed E-state index contributed by atoms with van der Waals surface area (Å²) in [5.41, 5.74) is 1.67. The monoisotopic (exact) mass is 301 g/mol. The van der Waals surface area contributed by atoms with Crippen molar-refractivity contribution in [1.29, 1.82) is 0 Å². The molecule has 5 nitrogen and oxygen atoms in total. The predicted molar refractivity (Wildman–Crippen MR) is 78.2 cm³/mol. The average molecular weight is 301 g/mol. The van der Waals surface area contributed by atoms with E-state index in [1.807, 2.05) is 12.1 Å². The Balaban J connectivity index is 1.85. The quantitative estimate of drug-likeness (QED) is 0.812. The summed E-state index contributed by atoms with van der Waals surface area (Å²) in [6.45, 7) is 0.807. The molecule has 1 aromatic rings. The minimum Gasteiger partial charge on any atom is -0.493 e. The number of carbonyl (C=O) groups excluding carboxylic acids is 1. The largest absolute Gasteiger partial charge is 0.493 e. The van der Waals surface area contributed by atoms with Gasteiger partial charge in [0.25, 0.3) is 0 Å². The molecule has 1 saturated carbocycles. The molecule has 2 aliphatic heterocycles. The second-order valence-corrected chi connectivity index (χ2v) is 6.89. The van der Waals surface area contributed by atoms with Crippen LogP contribution >= 0.6 is 0 Å². The van der Waals surface area contributed by atoms with Gasteiger partial charge >= 0.3 is 0 Å². The molecule has 0 amide bonds. The molecular formula is C17H19NO4. The Kier molecular flexibility index (Phi) is 2.36. The highest BCUT2D eigenvalue weighted by Crippen LogP contribution is 2.63. The van der Waals surface area contributed by atoms with Crippen LogP contribution in [0.4, 0.5) is 0 Å². The van der Waals surface area contributed by atoms with E-state index in [4.69, 9.17) is 9.47 Å². The topological polar surface area (TPSA) is 67.8 Å². The number of ketones is 1. The van der Waals surface area contributed by atoms with Gasteiger partial charge in [-0.2, -0.15) is 0 Å². The Morgan fingerprint density at radius 2 is 2.32 bits per heavy atom. The minimum absolute atomic E-state index is 0.0137. The van der Waals surface area contributed by atoms with Gasteiger partial charge in [0.2, 0.25) is 0 Å². The molecule has 0 radical (unpaired) electrons. The third kappa shape index (κ3) is 1.23. The highest BCUT2D eigenvalue weighted by atomic mass is 16.5. The number of hydrogen-bond donors (Lipinski definition) is 2. The van der Waals surface area contributed by atoms with Crippen LogP contribution in [0, 0.1) is 5.92 Å². The summed E-state index contributed by atoms with van der Waals surface area (Å²) in [6.07, 6.45) is 1.28. The van der Waals surface area contributed by atoms with Crippen molar-refractivity contribution >= 4 is 5.78 Å². The Hall–Kier alpha value is -1.59. The smallest absolute Gasteiger partial charge is 0.174 e. The van der Waals surface area contributed by atoms with Crippen molar-refractivity contribution in [2.45, 2.75) is 42.9 Å². The first-order valence-electron chi connectivity index (χ1n) is 8.00. The molecule has 2 bridgehead atoms. The fourth-order valence-electron chi connectivity index (χ4n) is 5.41. The van der Waals surface area contributed by atoms with Crippen LogP contribution in [0.1, 0.15) is 36.5 Å². The first-order chi connectivity index (χ1) is 10.7. The standard InChI is InChI=1S/C17H19NO4/c1-21-11-5-2-8-12-15(11)22-16-10(19)4-3-9-13(14(8)20)18-7-6-17(9,12)16/h2,5,9,13-14,16,18,20H,3-4,6-7H2,1H3/t9-,13+,14+,16+,17+/m0/s1. The van der Waals surface area contributed by atoms with E-state index in [1.54, 1.807) is 7.11 Å². The predicted octanol–water partition coefficient (Wildman–Crippen LogP) is 1.08. The SMILES string of the molecule is COc1ccc2c3c1O[C@@H]1C(=O)CC[C@H]4[C@@H](NCC[C@@]314)[C@@H]2O. The molecule has 5 heteroatoms. The molecule has 1 spiro atoms. The number of Topliss-reactive ketones (excluding diaryl/α,β-unsaturated/α-hetero) is 1. The van der Waals surface area contributed by atoms with Crippen LogP contribution in [0.15, 0.2) is 12.1 Å². The van der Waals surface area contributed by atoms with Crippen LogP contribution in [-0.4, -0.2) is 36.7 Å². The first kappa shape index (κ1) is 12.9. The van der Waals surface area contributed by atoms with E-state index in [0.717, 1.165) is 30.5 Å². The van der Waals surface area contributed by atoms with Gasteiger partial charge in [-0.25, -0.2) is 0 Å². The molecule has 2 fully saturated rings. The second-order valence-electron chi connectivity index (χ2n) is 6.89. The maximum absolute atomic E-state index is 12.6. The lowest BCUT2D eigenvalue weighted by atomic mass is 9.51. The van der Waals surface area contributed by atoms with Gasteiger partial charge in [0, 0.05) is 23.4 Å². The molecule has 2 aliphatic carbocycles. The molecule has 1 saturated heterocycles. The number of nitrogens with one attached hydrogen (secondary N) is 1. The van der Waals surface area contributed by atoms with Crippen molar-refractivity contribution in [3.63, 3.8) is 0 Å². The Morgan fingerprint density at radius 1 is 1.45 bits per heavy atom. The highest BCUT2D eigenvalue weighted by molar-refractivity contribution is 5.89. The Morgan fingerprint density at radius 3 is 3.14 bits per heavy atom. The molecule has 4 aliphatic rings. The molecule has 5 atom stereocenters. The maximum atomic E-state index is 12.6. The average Bonchev–Trinajstić information content (AvgIpc) is 2.88. The molecule has 22 heavy (non-hydrogen) atoms. The van der Waals surface area contributed by atoms with Crippen molar-refractivity contribution in [2.75, 3.05) is 13.7 Å². The zero-order valence-electron chi connectivity index (χ0n) is 12.5. The van der Waals surface area contributed by atoms with Crippen molar-refractivity contribution in [1.82, 2.24) is 5.32 Å². The van der Waals surface area contributed by atoms with Crippen LogP contribution in [0.3, 0.4) is 0 Å². The highest BCUT2D eigenvalue weighted by Gasteiger charge is 2.66. The van der Waals surface area contributed by atoms with Gasteiger partial charge in [-0.3, -0.25) is 4.79 Å². The summed E-state index contributed by atoms with van der Waals surface area (Å²) in [5.74, 6) is 1.79. The van der Waals surface area contributed by atoms with Gasteiger partial charge in [0.1, 0.15) is 0 Å². The summed E-state index contributed by atoms with van der Waals surface area (Å²) < 4.78 is 11.6. The van der Waals surface area contributed by atoms with Crippen molar-refractivity contribution in [3.05, 3.63) is 23.3 Å². The number of aliphatic hydroxyl groups excluding tert-OH is 1. The molecule has 116 valence electrons. The first-order valence-corrected chi connectivity index (χ1v) is 8.00. The molecule has 0 unspecified atom stereocenters. The Bertz CT molecular complexity index is 687. The summed E-state index contributed by atoms with van der Waals surface area (Å²) in [7, 11) is 1.62. The van der Waals surface area contributed by atoms with Crippen LogP contribution in [0.5, 0.6) is 11.5 Å². The van der Waals surface area contributed by atoms with E-state index in [1.165, 1.54) is 0 Å². The third-order valence-corrected chi connectivity index (χ3v) is 6.21. The van der Waals surface area contributed by atoms with Gasteiger partial charge < -0.3 is 19.9 Å². The molecular weight excluding hydrogens is 282 g/mol. The van der Waals surface area contributed by atoms with E-state index in [9.17, 15) is 9.90 Å². The van der Waals surface area contributed by atoms with Gasteiger partial charge in [0.15, 0.2) is 23.4 Å².